The number of aliphatic carboxylic acids is 1. The molecule has 1 aliphatic heterocycles. The molecule has 0 spiro atoms. The van der Waals surface area contributed by atoms with E-state index in [0.29, 0.717) is 30.9 Å². The fourth-order valence-electron chi connectivity index (χ4n) is 3.32. The summed E-state index contributed by atoms with van der Waals surface area (Å²) in [7, 11) is 0. The van der Waals surface area contributed by atoms with Crippen molar-refractivity contribution in [3.63, 3.8) is 0 Å². The van der Waals surface area contributed by atoms with Crippen LogP contribution in [-0.2, 0) is 4.79 Å². The van der Waals surface area contributed by atoms with Crippen molar-refractivity contribution in [3.05, 3.63) is 53.1 Å². The normalized spacial score (nSPS) is 16.9. The fourth-order valence-corrected chi connectivity index (χ4v) is 3.54. The minimum Gasteiger partial charge on any atom is -0.493 e. The monoisotopic (exact) mass is 514 g/mol. The topological polar surface area (TPSA) is 74.2 Å². The predicted molar refractivity (Wildman–Crippen MR) is 125 cm³/mol. The molecule has 6 nitrogen and oxygen atoms in total. The summed E-state index contributed by atoms with van der Waals surface area (Å²) in [5.74, 6) is 0.214. The third-order valence-corrected chi connectivity index (χ3v) is 5.75. The van der Waals surface area contributed by atoms with Crippen molar-refractivity contribution in [3.8, 4) is 23.0 Å². The number of halogens is 4. The SMILES string of the molecule is CC[C@@](C)(Oc1ccc(OCCCOc2cc3c(cc2Cl)C(C(F)(F)F)=CC(C)O3)cc1)C(=O)O. The molecule has 35 heavy (non-hydrogen) atoms. The van der Waals surface area contributed by atoms with Gasteiger partial charge in [0.25, 0.3) is 0 Å². The maximum absolute atomic E-state index is 13.4. The zero-order chi connectivity index (χ0) is 25.8. The van der Waals surface area contributed by atoms with Gasteiger partial charge in [-0.15, -0.1) is 0 Å². The second-order valence-electron chi connectivity index (χ2n) is 8.19. The van der Waals surface area contributed by atoms with Crippen molar-refractivity contribution in [2.75, 3.05) is 13.2 Å². The fraction of sp³-hybridized carbons (Fsp3) is 0.400. The van der Waals surface area contributed by atoms with E-state index in [0.717, 1.165) is 6.08 Å². The van der Waals surface area contributed by atoms with Crippen molar-refractivity contribution in [2.45, 2.75) is 51.5 Å². The summed E-state index contributed by atoms with van der Waals surface area (Å²) in [5, 5.41) is 9.35. The Morgan fingerprint density at radius 3 is 2.34 bits per heavy atom. The van der Waals surface area contributed by atoms with E-state index < -0.39 is 29.4 Å². The Labute approximate surface area is 206 Å². The number of fused-ring (bicyclic) bond motifs is 1. The van der Waals surface area contributed by atoms with Crippen LogP contribution in [0.3, 0.4) is 0 Å². The zero-order valence-corrected chi connectivity index (χ0v) is 20.2. The van der Waals surface area contributed by atoms with Gasteiger partial charge in [-0.05, 0) is 56.7 Å². The van der Waals surface area contributed by atoms with Crippen LogP contribution in [0.2, 0.25) is 5.02 Å². The second kappa shape index (κ2) is 10.7. The van der Waals surface area contributed by atoms with Gasteiger partial charge in [0, 0.05) is 18.1 Å². The average molecular weight is 515 g/mol. The number of alkyl halides is 3. The van der Waals surface area contributed by atoms with Crippen LogP contribution < -0.4 is 18.9 Å². The van der Waals surface area contributed by atoms with E-state index >= 15 is 0 Å². The first-order chi connectivity index (χ1) is 16.4. The lowest BCUT2D eigenvalue weighted by Crippen LogP contribution is -2.40. The zero-order valence-electron chi connectivity index (χ0n) is 19.4. The van der Waals surface area contributed by atoms with Crippen molar-refractivity contribution >= 4 is 23.1 Å². The van der Waals surface area contributed by atoms with Crippen molar-refractivity contribution < 1.29 is 42.0 Å². The van der Waals surface area contributed by atoms with Gasteiger partial charge >= 0.3 is 12.1 Å². The third-order valence-electron chi connectivity index (χ3n) is 5.45. The Morgan fingerprint density at radius 2 is 1.74 bits per heavy atom. The molecule has 2 atom stereocenters. The van der Waals surface area contributed by atoms with Crippen LogP contribution in [-0.4, -0.2) is 42.2 Å². The van der Waals surface area contributed by atoms with E-state index in [9.17, 15) is 23.1 Å². The van der Waals surface area contributed by atoms with Gasteiger partial charge < -0.3 is 24.1 Å². The predicted octanol–water partition coefficient (Wildman–Crippen LogP) is 6.55. The largest absolute Gasteiger partial charge is 0.493 e. The molecule has 1 heterocycles. The standard InChI is InChI=1S/C25H26ClF3O6/c1-4-24(3,23(30)31)35-17-8-6-16(7-9-17)32-10-5-11-33-22-14-21-18(13-20(22)26)19(25(27,28)29)12-15(2)34-21/h6-9,12-15H,4-5,10-11H2,1-3H3,(H,30,31)/t15?,24-/m1/s1. The molecule has 0 saturated heterocycles. The number of benzene rings is 2. The highest BCUT2D eigenvalue weighted by Gasteiger charge is 2.39. The number of carboxylic acid groups (broad SMARTS) is 1. The molecule has 0 amide bonds. The van der Waals surface area contributed by atoms with Crippen LogP contribution in [0.4, 0.5) is 13.2 Å². The van der Waals surface area contributed by atoms with E-state index in [4.69, 9.17) is 30.5 Å². The van der Waals surface area contributed by atoms with Gasteiger partial charge in [0.15, 0.2) is 0 Å². The number of ether oxygens (including phenoxy) is 4. The summed E-state index contributed by atoms with van der Waals surface area (Å²) < 4.78 is 62.4. The van der Waals surface area contributed by atoms with E-state index in [1.807, 2.05) is 0 Å². The quantitative estimate of drug-likeness (QED) is 0.363. The summed E-state index contributed by atoms with van der Waals surface area (Å²) in [6.45, 7) is 5.28. The lowest BCUT2D eigenvalue weighted by atomic mass is 10.00. The molecular formula is C25H26ClF3O6. The minimum atomic E-state index is -4.52. The molecule has 0 bridgehead atoms. The average Bonchev–Trinajstić information content (AvgIpc) is 2.79. The molecule has 1 N–H and O–H groups in total. The van der Waals surface area contributed by atoms with Gasteiger partial charge in [-0.1, -0.05) is 18.5 Å². The highest BCUT2D eigenvalue weighted by atomic mass is 35.5. The Hall–Kier alpha value is -3.07. The van der Waals surface area contributed by atoms with E-state index in [1.54, 1.807) is 31.2 Å². The van der Waals surface area contributed by atoms with Crippen molar-refractivity contribution in [1.82, 2.24) is 0 Å². The summed E-state index contributed by atoms with van der Waals surface area (Å²) >= 11 is 6.16. The van der Waals surface area contributed by atoms with Gasteiger partial charge in [0.1, 0.15) is 29.1 Å². The van der Waals surface area contributed by atoms with Gasteiger partial charge in [-0.3, -0.25) is 0 Å². The summed E-state index contributed by atoms with van der Waals surface area (Å²) in [6, 6.07) is 9.15. The summed E-state index contributed by atoms with van der Waals surface area (Å²) in [4.78, 5) is 11.4. The van der Waals surface area contributed by atoms with Gasteiger partial charge in [-0.25, -0.2) is 4.79 Å². The van der Waals surface area contributed by atoms with E-state index in [2.05, 4.69) is 0 Å². The maximum atomic E-state index is 13.4. The molecule has 0 aliphatic carbocycles. The first-order valence-corrected chi connectivity index (χ1v) is 11.4. The first-order valence-electron chi connectivity index (χ1n) is 11.0. The van der Waals surface area contributed by atoms with Crippen LogP contribution in [0.25, 0.3) is 5.57 Å². The summed E-state index contributed by atoms with van der Waals surface area (Å²) in [6.07, 6.45) is -3.46. The molecule has 0 radical (unpaired) electrons. The maximum Gasteiger partial charge on any atom is 0.416 e. The molecular weight excluding hydrogens is 489 g/mol. The Balaban J connectivity index is 1.52. The Bertz CT molecular complexity index is 1080. The van der Waals surface area contributed by atoms with Gasteiger partial charge in [-0.2, -0.15) is 13.2 Å². The van der Waals surface area contributed by atoms with Crippen LogP contribution >= 0.6 is 11.6 Å². The second-order valence-corrected chi connectivity index (χ2v) is 8.60. The highest BCUT2D eigenvalue weighted by molar-refractivity contribution is 6.32. The molecule has 10 heteroatoms. The molecule has 2 aromatic carbocycles. The van der Waals surface area contributed by atoms with Crippen LogP contribution in [0, 0.1) is 0 Å². The minimum absolute atomic E-state index is 0.0500. The van der Waals surface area contributed by atoms with Gasteiger partial charge in [0.05, 0.1) is 23.8 Å². The van der Waals surface area contributed by atoms with Crippen LogP contribution in [0.15, 0.2) is 42.5 Å². The number of rotatable bonds is 10. The smallest absolute Gasteiger partial charge is 0.416 e. The molecule has 0 saturated carbocycles. The van der Waals surface area contributed by atoms with E-state index in [1.165, 1.54) is 26.0 Å². The molecule has 2 aromatic rings. The Morgan fingerprint density at radius 1 is 1.11 bits per heavy atom. The van der Waals surface area contributed by atoms with Crippen molar-refractivity contribution in [1.29, 1.82) is 0 Å². The number of hydrogen-bond acceptors (Lipinski definition) is 5. The van der Waals surface area contributed by atoms with Gasteiger partial charge in [0.2, 0.25) is 5.60 Å². The van der Waals surface area contributed by atoms with Crippen LogP contribution in [0.1, 0.15) is 39.2 Å². The number of allylic oxidation sites excluding steroid dienone is 1. The lowest BCUT2D eigenvalue weighted by Gasteiger charge is -2.25. The Kier molecular flexibility index (Phi) is 8.10. The first kappa shape index (κ1) is 26.5. The summed E-state index contributed by atoms with van der Waals surface area (Å²) in [5.41, 5.74) is -2.22. The molecule has 0 fully saturated rings. The number of carbonyl (C=O) groups is 1. The molecule has 1 aliphatic rings. The number of carboxylic acids is 1. The lowest BCUT2D eigenvalue weighted by molar-refractivity contribution is -0.154. The highest BCUT2D eigenvalue weighted by Crippen LogP contribution is 2.45. The third kappa shape index (κ3) is 6.54. The molecule has 0 aromatic heterocycles. The van der Waals surface area contributed by atoms with E-state index in [-0.39, 0.29) is 28.7 Å². The molecule has 190 valence electrons. The molecule has 1 unspecified atom stereocenters. The van der Waals surface area contributed by atoms with Crippen LogP contribution in [0.5, 0.6) is 23.0 Å². The van der Waals surface area contributed by atoms with Crippen molar-refractivity contribution in [2.24, 2.45) is 0 Å². The number of hydrogen-bond donors (Lipinski definition) is 1. The molecule has 3 rings (SSSR count).